The summed E-state index contributed by atoms with van der Waals surface area (Å²) in [7, 11) is 0. The number of aliphatic imine (C=N–C) groups is 1. The van der Waals surface area contributed by atoms with Crippen LogP contribution in [0.5, 0.6) is 5.75 Å². The van der Waals surface area contributed by atoms with Crippen molar-refractivity contribution in [3.05, 3.63) is 70.9 Å². The van der Waals surface area contributed by atoms with E-state index in [4.69, 9.17) is 9.73 Å². The molecule has 0 fully saturated rings. The predicted molar refractivity (Wildman–Crippen MR) is 121 cm³/mol. The van der Waals surface area contributed by atoms with Gasteiger partial charge in [-0.05, 0) is 63.9 Å². The molecule has 150 valence electrons. The molecule has 1 aliphatic heterocycles. The van der Waals surface area contributed by atoms with Crippen molar-refractivity contribution in [1.29, 1.82) is 0 Å². The van der Waals surface area contributed by atoms with Gasteiger partial charge in [0.2, 0.25) is 0 Å². The fourth-order valence-corrected chi connectivity index (χ4v) is 4.33. The second-order valence-corrected chi connectivity index (χ2v) is 9.35. The van der Waals surface area contributed by atoms with Gasteiger partial charge in [-0.3, -0.25) is 9.98 Å². The van der Waals surface area contributed by atoms with E-state index in [1.165, 1.54) is 16.7 Å². The number of benzene rings is 2. The number of hydrogen-bond donors (Lipinski definition) is 0. The van der Waals surface area contributed by atoms with Crippen molar-refractivity contribution < 1.29 is 4.74 Å². The first-order valence-corrected chi connectivity index (χ1v) is 10.4. The van der Waals surface area contributed by atoms with Crippen molar-refractivity contribution in [2.75, 3.05) is 0 Å². The quantitative estimate of drug-likeness (QED) is 0.534. The van der Waals surface area contributed by atoms with Crippen molar-refractivity contribution in [2.24, 2.45) is 4.99 Å². The number of aromatic nitrogens is 1. The molecule has 1 aliphatic rings. The Labute approximate surface area is 173 Å². The fraction of sp³-hybridized carbons (Fsp3) is 0.385. The van der Waals surface area contributed by atoms with Gasteiger partial charge in [0.05, 0.1) is 22.9 Å². The second kappa shape index (κ2) is 6.69. The minimum absolute atomic E-state index is 0.0541. The van der Waals surface area contributed by atoms with Crippen LogP contribution in [-0.4, -0.2) is 22.3 Å². The van der Waals surface area contributed by atoms with Gasteiger partial charge in [-0.1, -0.05) is 38.1 Å². The summed E-state index contributed by atoms with van der Waals surface area (Å²) < 4.78 is 6.05. The van der Waals surface area contributed by atoms with E-state index in [1.54, 1.807) is 0 Å². The van der Waals surface area contributed by atoms with Gasteiger partial charge in [0.15, 0.2) is 0 Å². The lowest BCUT2D eigenvalue weighted by molar-refractivity contribution is 0.245. The van der Waals surface area contributed by atoms with Crippen LogP contribution in [0, 0.1) is 6.92 Å². The van der Waals surface area contributed by atoms with Crippen molar-refractivity contribution in [3.8, 4) is 5.75 Å². The van der Waals surface area contributed by atoms with E-state index in [2.05, 4.69) is 76.0 Å². The number of ether oxygens (including phenoxy) is 1. The average molecular weight is 387 g/mol. The minimum Gasteiger partial charge on any atom is -0.490 e. The molecule has 0 aliphatic carbocycles. The molecule has 1 aromatic heterocycles. The summed E-state index contributed by atoms with van der Waals surface area (Å²) in [5.74, 6) is 0.868. The van der Waals surface area contributed by atoms with Crippen LogP contribution in [0.3, 0.4) is 0 Å². The Morgan fingerprint density at radius 1 is 0.966 bits per heavy atom. The van der Waals surface area contributed by atoms with Crippen LogP contribution in [0.15, 0.2) is 53.7 Å². The molecule has 4 rings (SSSR count). The van der Waals surface area contributed by atoms with Gasteiger partial charge >= 0.3 is 0 Å². The standard InChI is InChI=1S/C26H30N2O/c1-16(2)29-22-13-14-27-21-12-11-18(15-20(21)22)24-19-10-8-9-17(3)23(19)25(4,5)26(6,7)28-24/h8-16H,1-7H3. The number of nitrogens with zero attached hydrogens (tertiary/aromatic N) is 2. The van der Waals surface area contributed by atoms with E-state index in [9.17, 15) is 0 Å². The van der Waals surface area contributed by atoms with E-state index in [0.29, 0.717) is 0 Å². The smallest absolute Gasteiger partial charge is 0.130 e. The van der Waals surface area contributed by atoms with Gasteiger partial charge < -0.3 is 4.74 Å². The van der Waals surface area contributed by atoms with Gasteiger partial charge in [0, 0.05) is 28.1 Å². The third kappa shape index (κ3) is 3.13. The second-order valence-electron chi connectivity index (χ2n) is 9.35. The van der Waals surface area contributed by atoms with Crippen LogP contribution in [0.1, 0.15) is 63.8 Å². The normalized spacial score (nSPS) is 17.2. The maximum atomic E-state index is 6.05. The van der Waals surface area contributed by atoms with Crippen LogP contribution in [-0.2, 0) is 5.41 Å². The Bertz CT molecular complexity index is 1120. The molecule has 0 amide bonds. The first-order chi connectivity index (χ1) is 13.6. The summed E-state index contributed by atoms with van der Waals surface area (Å²) in [4.78, 5) is 9.80. The van der Waals surface area contributed by atoms with E-state index >= 15 is 0 Å². The summed E-state index contributed by atoms with van der Waals surface area (Å²) in [6.45, 7) is 15.4. The number of hydrogen-bond acceptors (Lipinski definition) is 3. The van der Waals surface area contributed by atoms with Gasteiger partial charge in [0.1, 0.15) is 5.75 Å². The van der Waals surface area contributed by atoms with Crippen LogP contribution >= 0.6 is 0 Å². The average Bonchev–Trinajstić information content (AvgIpc) is 2.64. The van der Waals surface area contributed by atoms with E-state index in [-0.39, 0.29) is 17.1 Å². The fourth-order valence-electron chi connectivity index (χ4n) is 4.33. The Morgan fingerprint density at radius 2 is 1.72 bits per heavy atom. The van der Waals surface area contributed by atoms with Crippen LogP contribution in [0.2, 0.25) is 0 Å². The molecule has 3 aromatic rings. The zero-order valence-electron chi connectivity index (χ0n) is 18.5. The number of fused-ring (bicyclic) bond motifs is 2. The van der Waals surface area contributed by atoms with Gasteiger partial charge in [0.25, 0.3) is 0 Å². The molecular weight excluding hydrogens is 356 g/mol. The number of pyridine rings is 1. The molecule has 3 nitrogen and oxygen atoms in total. The highest BCUT2D eigenvalue weighted by Crippen LogP contribution is 2.45. The molecule has 2 aromatic carbocycles. The summed E-state index contributed by atoms with van der Waals surface area (Å²) in [6, 6.07) is 14.9. The lowest BCUT2D eigenvalue weighted by atomic mass is 9.64. The van der Waals surface area contributed by atoms with Crippen molar-refractivity contribution in [1.82, 2.24) is 4.98 Å². The van der Waals surface area contributed by atoms with Crippen LogP contribution < -0.4 is 4.74 Å². The van der Waals surface area contributed by atoms with Crippen molar-refractivity contribution in [2.45, 2.75) is 65.5 Å². The molecule has 0 unspecified atom stereocenters. The molecule has 3 heteroatoms. The number of rotatable bonds is 3. The Balaban J connectivity index is 1.96. The third-order valence-electron chi connectivity index (χ3n) is 6.41. The third-order valence-corrected chi connectivity index (χ3v) is 6.41. The van der Waals surface area contributed by atoms with Gasteiger partial charge in [-0.15, -0.1) is 0 Å². The maximum Gasteiger partial charge on any atom is 0.130 e. The van der Waals surface area contributed by atoms with Crippen LogP contribution in [0.4, 0.5) is 0 Å². The molecule has 0 N–H and O–H groups in total. The van der Waals surface area contributed by atoms with E-state index < -0.39 is 0 Å². The molecule has 29 heavy (non-hydrogen) atoms. The maximum absolute atomic E-state index is 6.05. The monoisotopic (exact) mass is 386 g/mol. The lowest BCUT2D eigenvalue weighted by Crippen LogP contribution is -2.46. The van der Waals surface area contributed by atoms with E-state index in [0.717, 1.165) is 27.9 Å². The molecule has 2 heterocycles. The summed E-state index contributed by atoms with van der Waals surface area (Å²) in [5.41, 5.74) is 6.75. The molecular formula is C26H30N2O. The Kier molecular flexibility index (Phi) is 4.53. The molecule has 0 bridgehead atoms. The summed E-state index contributed by atoms with van der Waals surface area (Å²) >= 11 is 0. The minimum atomic E-state index is -0.220. The first kappa shape index (κ1) is 19.6. The SMILES string of the molecule is Cc1cccc2c1C(C)(C)C(C)(C)N=C2c1ccc2nccc(OC(C)C)c2c1. The molecule has 0 atom stereocenters. The zero-order valence-corrected chi connectivity index (χ0v) is 18.5. The topological polar surface area (TPSA) is 34.5 Å². The highest BCUT2D eigenvalue weighted by molar-refractivity contribution is 6.16. The Morgan fingerprint density at radius 3 is 2.45 bits per heavy atom. The lowest BCUT2D eigenvalue weighted by Gasteiger charge is -2.45. The molecule has 0 saturated heterocycles. The van der Waals surface area contributed by atoms with Gasteiger partial charge in [-0.2, -0.15) is 0 Å². The first-order valence-electron chi connectivity index (χ1n) is 10.4. The van der Waals surface area contributed by atoms with E-state index in [1.807, 2.05) is 26.1 Å². The highest BCUT2D eigenvalue weighted by atomic mass is 16.5. The summed E-state index contributed by atoms with van der Waals surface area (Å²) in [5, 5.41) is 1.03. The largest absolute Gasteiger partial charge is 0.490 e. The number of aryl methyl sites for hydroxylation is 1. The van der Waals surface area contributed by atoms with Crippen LogP contribution in [0.25, 0.3) is 10.9 Å². The highest BCUT2D eigenvalue weighted by Gasteiger charge is 2.44. The van der Waals surface area contributed by atoms with Crippen molar-refractivity contribution in [3.63, 3.8) is 0 Å². The summed E-state index contributed by atoms with van der Waals surface area (Å²) in [6.07, 6.45) is 1.92. The Hall–Kier alpha value is -2.68. The van der Waals surface area contributed by atoms with Crippen molar-refractivity contribution >= 4 is 16.6 Å². The molecule has 0 spiro atoms. The predicted octanol–water partition coefficient (Wildman–Crippen LogP) is 6.24. The molecule has 0 saturated carbocycles. The van der Waals surface area contributed by atoms with Gasteiger partial charge in [-0.25, -0.2) is 0 Å². The molecule has 0 radical (unpaired) electrons. The zero-order chi connectivity index (χ0) is 21.0.